The van der Waals surface area contributed by atoms with Crippen LogP contribution in [-0.4, -0.2) is 23.9 Å². The Labute approximate surface area is 178 Å². The lowest BCUT2D eigenvalue weighted by Crippen LogP contribution is -2.37. The van der Waals surface area contributed by atoms with Crippen molar-refractivity contribution in [1.29, 1.82) is 0 Å². The molecule has 5 rings (SSSR count). The van der Waals surface area contributed by atoms with Gasteiger partial charge in [-0.1, -0.05) is 60.7 Å². The highest BCUT2D eigenvalue weighted by molar-refractivity contribution is 6.24. The first kappa shape index (κ1) is 19.0. The molecule has 0 aromatic heterocycles. The van der Waals surface area contributed by atoms with Gasteiger partial charge in [0, 0.05) is 0 Å². The number of amides is 2. The minimum absolute atomic E-state index is 0.0308. The lowest BCUT2D eigenvalue weighted by molar-refractivity contribution is -0.255. The van der Waals surface area contributed by atoms with E-state index in [2.05, 4.69) is 0 Å². The van der Waals surface area contributed by atoms with E-state index in [0.717, 1.165) is 16.2 Å². The Kier molecular flexibility index (Phi) is 4.52. The number of para-hydroxylation sites is 1. The molecule has 0 radical (unpaired) electrons. The third-order valence-corrected chi connectivity index (χ3v) is 5.63. The fraction of sp³-hybridized carbons (Fsp3) is 0.125. The molecule has 154 valence electrons. The highest BCUT2D eigenvalue weighted by atomic mass is 16.7. The summed E-state index contributed by atoms with van der Waals surface area (Å²) < 4.78 is 0. The number of imide groups is 1. The molecular formula is C24H17N2O5-. The molecule has 7 heteroatoms. The molecule has 2 heterocycles. The largest absolute Gasteiger partial charge is 0.545 e. The Balaban J connectivity index is 1.54. The summed E-state index contributed by atoms with van der Waals surface area (Å²) in [4.78, 5) is 44.8. The summed E-state index contributed by atoms with van der Waals surface area (Å²) in [7, 11) is 0. The summed E-state index contributed by atoms with van der Waals surface area (Å²) in [5.41, 5.74) is 1.87. The van der Waals surface area contributed by atoms with Gasteiger partial charge in [-0.25, -0.2) is 9.96 Å². The van der Waals surface area contributed by atoms with Gasteiger partial charge >= 0.3 is 0 Å². The number of nitrogens with zero attached hydrogens (tertiary/aromatic N) is 2. The minimum atomic E-state index is -1.33. The van der Waals surface area contributed by atoms with E-state index in [1.165, 1.54) is 24.3 Å². The number of hydrogen-bond donors (Lipinski definition) is 0. The van der Waals surface area contributed by atoms with Crippen LogP contribution in [0.3, 0.4) is 0 Å². The van der Waals surface area contributed by atoms with Gasteiger partial charge in [0.05, 0.1) is 23.4 Å². The fourth-order valence-electron chi connectivity index (χ4n) is 4.20. The quantitative estimate of drug-likeness (QED) is 0.609. The van der Waals surface area contributed by atoms with E-state index >= 15 is 0 Å². The van der Waals surface area contributed by atoms with Crippen LogP contribution >= 0.6 is 0 Å². The third kappa shape index (κ3) is 3.06. The molecular weight excluding hydrogens is 396 g/mol. The lowest BCUT2D eigenvalue weighted by atomic mass is 9.90. The molecule has 0 unspecified atom stereocenters. The molecule has 3 atom stereocenters. The summed E-state index contributed by atoms with van der Waals surface area (Å²) in [5, 5.41) is 12.6. The smallest absolute Gasteiger partial charge is 0.266 e. The van der Waals surface area contributed by atoms with Crippen LogP contribution < -0.4 is 15.1 Å². The van der Waals surface area contributed by atoms with Crippen LogP contribution in [0.25, 0.3) is 0 Å². The van der Waals surface area contributed by atoms with Gasteiger partial charge in [-0.05, 0) is 35.4 Å². The molecule has 2 fully saturated rings. The number of benzene rings is 3. The number of anilines is 2. The van der Waals surface area contributed by atoms with Crippen molar-refractivity contribution in [3.8, 4) is 0 Å². The molecule has 7 nitrogen and oxygen atoms in total. The molecule has 0 saturated carbocycles. The van der Waals surface area contributed by atoms with Crippen molar-refractivity contribution < 1.29 is 24.3 Å². The predicted molar refractivity (Wildman–Crippen MR) is 110 cm³/mol. The summed E-state index contributed by atoms with van der Waals surface area (Å²) >= 11 is 0. The van der Waals surface area contributed by atoms with Gasteiger partial charge in [0.25, 0.3) is 5.91 Å². The first-order valence-corrected chi connectivity index (χ1v) is 9.81. The molecule has 3 aromatic carbocycles. The molecule has 2 saturated heterocycles. The lowest BCUT2D eigenvalue weighted by Gasteiger charge is -2.28. The molecule has 2 aliphatic heterocycles. The number of fused-ring (bicyclic) bond motifs is 1. The zero-order valence-corrected chi connectivity index (χ0v) is 16.3. The monoisotopic (exact) mass is 413 g/mol. The van der Waals surface area contributed by atoms with Gasteiger partial charge in [-0.2, -0.15) is 0 Å². The average Bonchev–Trinajstić information content (AvgIpc) is 3.31. The number of carboxylic acid groups (broad SMARTS) is 1. The zero-order valence-electron chi connectivity index (χ0n) is 16.3. The van der Waals surface area contributed by atoms with Crippen molar-refractivity contribution in [2.45, 2.75) is 12.1 Å². The van der Waals surface area contributed by atoms with Crippen molar-refractivity contribution in [3.63, 3.8) is 0 Å². The highest BCUT2D eigenvalue weighted by Gasteiger charge is 2.60. The second-order valence-electron chi connectivity index (χ2n) is 7.41. The number of rotatable bonds is 4. The maximum Gasteiger partial charge on any atom is 0.266 e. The van der Waals surface area contributed by atoms with Crippen LogP contribution in [0.4, 0.5) is 11.4 Å². The normalized spacial score (nSPS) is 22.6. The van der Waals surface area contributed by atoms with Gasteiger partial charge in [-0.3, -0.25) is 14.4 Å². The number of carbonyl (C=O) groups excluding carboxylic acids is 3. The Morgan fingerprint density at radius 1 is 0.774 bits per heavy atom. The Morgan fingerprint density at radius 2 is 1.39 bits per heavy atom. The maximum atomic E-state index is 13.4. The van der Waals surface area contributed by atoms with E-state index in [-0.39, 0.29) is 11.5 Å². The molecule has 0 spiro atoms. The predicted octanol–water partition coefficient (Wildman–Crippen LogP) is 2.10. The van der Waals surface area contributed by atoms with Crippen molar-refractivity contribution in [2.75, 3.05) is 9.96 Å². The highest BCUT2D eigenvalue weighted by Crippen LogP contribution is 2.47. The van der Waals surface area contributed by atoms with Crippen LogP contribution in [0.1, 0.15) is 22.0 Å². The van der Waals surface area contributed by atoms with E-state index in [1.807, 2.05) is 60.7 Å². The molecule has 3 aromatic rings. The van der Waals surface area contributed by atoms with Crippen molar-refractivity contribution >= 4 is 29.2 Å². The van der Waals surface area contributed by atoms with Crippen LogP contribution in [0.5, 0.6) is 0 Å². The molecule has 0 aliphatic carbocycles. The first-order chi connectivity index (χ1) is 15.1. The van der Waals surface area contributed by atoms with Crippen LogP contribution in [0.2, 0.25) is 0 Å². The average molecular weight is 413 g/mol. The number of hydrogen-bond acceptors (Lipinski definition) is 6. The first-order valence-electron chi connectivity index (χ1n) is 9.81. The maximum absolute atomic E-state index is 13.4. The van der Waals surface area contributed by atoms with E-state index in [9.17, 15) is 19.5 Å². The molecule has 2 aliphatic rings. The van der Waals surface area contributed by atoms with Crippen LogP contribution in [-0.2, 0) is 14.4 Å². The topological polar surface area (TPSA) is 90.0 Å². The van der Waals surface area contributed by atoms with Gasteiger partial charge < -0.3 is 9.90 Å². The SMILES string of the molecule is O=C([O-])c1ccc(N2C(=O)[C@@H]3[C@H](ON(c4ccccc4)[C@@H]3c3ccccc3)C2=O)cc1. The van der Waals surface area contributed by atoms with Gasteiger partial charge in [0.1, 0.15) is 5.92 Å². The van der Waals surface area contributed by atoms with E-state index in [4.69, 9.17) is 4.84 Å². The van der Waals surface area contributed by atoms with E-state index < -0.39 is 29.9 Å². The summed E-state index contributed by atoms with van der Waals surface area (Å²) in [6.45, 7) is 0. The Hall–Kier alpha value is -3.97. The second kappa shape index (κ2) is 7.37. The minimum Gasteiger partial charge on any atom is -0.545 e. The number of carboxylic acids is 1. The summed E-state index contributed by atoms with van der Waals surface area (Å²) in [6.07, 6.45) is -0.973. The fourth-order valence-corrected chi connectivity index (χ4v) is 4.20. The van der Waals surface area contributed by atoms with Crippen LogP contribution in [0, 0.1) is 5.92 Å². The second-order valence-corrected chi connectivity index (χ2v) is 7.41. The van der Waals surface area contributed by atoms with Crippen molar-refractivity contribution in [2.24, 2.45) is 5.92 Å². The number of carbonyl (C=O) groups is 3. The number of hydroxylamine groups is 1. The van der Waals surface area contributed by atoms with Gasteiger partial charge in [0.2, 0.25) is 5.91 Å². The molecule has 2 amide bonds. The van der Waals surface area contributed by atoms with Crippen molar-refractivity contribution in [1.82, 2.24) is 0 Å². The summed E-state index contributed by atoms with van der Waals surface area (Å²) in [5.74, 6) is -2.93. The van der Waals surface area contributed by atoms with Gasteiger partial charge in [0.15, 0.2) is 6.10 Å². The third-order valence-electron chi connectivity index (χ3n) is 5.63. The van der Waals surface area contributed by atoms with Crippen molar-refractivity contribution in [3.05, 3.63) is 96.1 Å². The number of aromatic carboxylic acids is 1. The Bertz CT molecular complexity index is 1150. The van der Waals surface area contributed by atoms with E-state index in [0.29, 0.717) is 5.69 Å². The van der Waals surface area contributed by atoms with E-state index in [1.54, 1.807) is 5.06 Å². The molecule has 0 bridgehead atoms. The van der Waals surface area contributed by atoms with Crippen LogP contribution in [0.15, 0.2) is 84.9 Å². The molecule has 0 N–H and O–H groups in total. The summed E-state index contributed by atoms with van der Waals surface area (Å²) in [6, 6.07) is 23.8. The zero-order chi connectivity index (χ0) is 21.5. The molecule has 31 heavy (non-hydrogen) atoms. The Morgan fingerprint density at radius 3 is 2.00 bits per heavy atom. The van der Waals surface area contributed by atoms with Gasteiger partial charge in [-0.15, -0.1) is 0 Å². The standard InChI is InChI=1S/C24H18N2O5/c27-22-19-20(15-7-3-1-4-8-15)26(18-9-5-2-6-10-18)31-21(19)23(28)25(22)17-13-11-16(12-14-17)24(29)30/h1-14,19-21H,(H,29,30)/p-1/t19-,20+,21-/m0/s1.